The van der Waals surface area contributed by atoms with Gasteiger partial charge in [-0.05, 0) is 31.5 Å². The lowest BCUT2D eigenvalue weighted by Gasteiger charge is -2.06. The van der Waals surface area contributed by atoms with Gasteiger partial charge in [-0.2, -0.15) is 4.98 Å². The van der Waals surface area contributed by atoms with Gasteiger partial charge in [0, 0.05) is 16.6 Å². The van der Waals surface area contributed by atoms with E-state index in [4.69, 9.17) is 4.52 Å². The lowest BCUT2D eigenvalue weighted by atomic mass is 10.2. The van der Waals surface area contributed by atoms with Gasteiger partial charge in [0.25, 0.3) is 0 Å². The first kappa shape index (κ1) is 12.9. The molecule has 0 aliphatic rings. The number of halogens is 1. The Bertz CT molecular complexity index is 553. The number of hydrogen-bond donors (Lipinski definition) is 0. The van der Waals surface area contributed by atoms with Crippen LogP contribution >= 0.6 is 0 Å². The van der Waals surface area contributed by atoms with Crippen molar-refractivity contribution in [3.05, 3.63) is 47.4 Å². The van der Waals surface area contributed by atoms with Crippen LogP contribution in [-0.4, -0.2) is 14.3 Å². The van der Waals surface area contributed by atoms with E-state index in [-0.39, 0.29) is 11.1 Å². The molecule has 0 saturated heterocycles. The van der Waals surface area contributed by atoms with Crippen molar-refractivity contribution in [2.45, 2.75) is 24.9 Å². The lowest BCUT2D eigenvalue weighted by molar-refractivity contribution is 0.375. The molecule has 0 radical (unpaired) electrons. The smallest absolute Gasteiger partial charge is 0.242 e. The quantitative estimate of drug-likeness (QED) is 0.855. The molecule has 1 aromatic heterocycles. The molecule has 0 bridgehead atoms. The third-order valence-corrected chi connectivity index (χ3v) is 4.12. The Morgan fingerprint density at radius 2 is 2.06 bits per heavy atom. The normalized spacial score (nSPS) is 14.4. The number of aromatic nitrogens is 2. The first-order valence-corrected chi connectivity index (χ1v) is 6.86. The summed E-state index contributed by atoms with van der Waals surface area (Å²) < 4.78 is 29.8. The van der Waals surface area contributed by atoms with Crippen LogP contribution in [0, 0.1) is 12.7 Å². The Balaban J connectivity index is 2.05. The second-order valence-corrected chi connectivity index (χ2v) is 5.73. The fraction of sp³-hybridized carbons (Fsp3) is 0.333. The second-order valence-electron chi connectivity index (χ2n) is 3.97. The average molecular weight is 268 g/mol. The highest BCUT2D eigenvalue weighted by Gasteiger charge is 2.19. The molecule has 6 heteroatoms. The Morgan fingerprint density at radius 1 is 1.39 bits per heavy atom. The Morgan fingerprint density at radius 3 is 2.61 bits per heavy atom. The van der Waals surface area contributed by atoms with E-state index in [1.165, 1.54) is 12.1 Å². The van der Waals surface area contributed by atoms with Crippen LogP contribution in [0.4, 0.5) is 4.39 Å². The molecule has 0 saturated carbocycles. The highest BCUT2D eigenvalue weighted by atomic mass is 32.2. The van der Waals surface area contributed by atoms with Gasteiger partial charge in [0.2, 0.25) is 5.89 Å². The number of nitrogens with zero attached hydrogens (tertiary/aromatic N) is 2. The van der Waals surface area contributed by atoms with Gasteiger partial charge in [-0.15, -0.1) is 0 Å². The van der Waals surface area contributed by atoms with Gasteiger partial charge in [0.1, 0.15) is 11.1 Å². The summed E-state index contributed by atoms with van der Waals surface area (Å²) >= 11 is 0. The molecule has 2 rings (SSSR count). The van der Waals surface area contributed by atoms with Crippen LogP contribution in [0.3, 0.4) is 0 Å². The van der Waals surface area contributed by atoms with Crippen LogP contribution in [0.1, 0.15) is 29.5 Å². The molecular formula is C12H13FN2O2S. The molecule has 0 amide bonds. The molecule has 0 aliphatic carbocycles. The van der Waals surface area contributed by atoms with Crippen molar-refractivity contribution in [2.24, 2.45) is 0 Å². The Kier molecular flexibility index (Phi) is 3.86. The molecule has 1 aromatic carbocycles. The predicted molar refractivity (Wildman–Crippen MR) is 65.7 cm³/mol. The van der Waals surface area contributed by atoms with Crippen molar-refractivity contribution in [3.63, 3.8) is 0 Å². The minimum Gasteiger partial charge on any atom is -0.338 e. The number of hydrogen-bond acceptors (Lipinski definition) is 4. The van der Waals surface area contributed by atoms with E-state index in [9.17, 15) is 8.60 Å². The van der Waals surface area contributed by atoms with Crippen molar-refractivity contribution in [1.29, 1.82) is 0 Å². The van der Waals surface area contributed by atoms with E-state index in [1.54, 1.807) is 26.0 Å². The van der Waals surface area contributed by atoms with E-state index >= 15 is 0 Å². The molecule has 0 unspecified atom stereocenters. The van der Waals surface area contributed by atoms with E-state index in [0.29, 0.717) is 17.5 Å². The summed E-state index contributed by atoms with van der Waals surface area (Å²) in [5.74, 6) is 0.928. The molecule has 2 aromatic rings. The van der Waals surface area contributed by atoms with Gasteiger partial charge in [-0.25, -0.2) is 4.39 Å². The zero-order valence-corrected chi connectivity index (χ0v) is 10.9. The summed E-state index contributed by atoms with van der Waals surface area (Å²) in [5, 5.41) is 3.33. The maximum Gasteiger partial charge on any atom is 0.242 e. The van der Waals surface area contributed by atoms with Crippen molar-refractivity contribution in [1.82, 2.24) is 10.1 Å². The van der Waals surface area contributed by atoms with Crippen LogP contribution < -0.4 is 0 Å². The summed E-state index contributed by atoms with van der Waals surface area (Å²) in [6.07, 6.45) is 0. The highest BCUT2D eigenvalue weighted by Crippen LogP contribution is 2.20. The monoisotopic (exact) mass is 268 g/mol. The maximum absolute atomic E-state index is 12.7. The predicted octanol–water partition coefficient (Wildman–Crippen LogP) is 2.53. The third kappa shape index (κ3) is 3.01. The summed E-state index contributed by atoms with van der Waals surface area (Å²) in [7, 11) is -1.18. The molecule has 18 heavy (non-hydrogen) atoms. The van der Waals surface area contributed by atoms with Gasteiger partial charge >= 0.3 is 0 Å². The van der Waals surface area contributed by atoms with Gasteiger partial charge in [-0.3, -0.25) is 4.21 Å². The molecule has 1 heterocycles. The molecule has 96 valence electrons. The number of aryl methyl sites for hydroxylation is 1. The van der Waals surface area contributed by atoms with Crippen LogP contribution in [0.5, 0.6) is 0 Å². The van der Waals surface area contributed by atoms with Gasteiger partial charge in [0.05, 0.1) is 0 Å². The van der Waals surface area contributed by atoms with Crippen molar-refractivity contribution in [2.75, 3.05) is 0 Å². The molecule has 2 atom stereocenters. The topological polar surface area (TPSA) is 56.0 Å². The van der Waals surface area contributed by atoms with Crippen LogP contribution in [-0.2, 0) is 16.6 Å². The average Bonchev–Trinajstić information content (AvgIpc) is 2.78. The van der Waals surface area contributed by atoms with Crippen molar-refractivity contribution < 1.29 is 13.1 Å². The number of benzene rings is 1. The third-order valence-electron chi connectivity index (χ3n) is 2.51. The molecule has 0 N–H and O–H groups in total. The van der Waals surface area contributed by atoms with Gasteiger partial charge in [-0.1, -0.05) is 17.3 Å². The summed E-state index contributed by atoms with van der Waals surface area (Å²) in [4.78, 5) is 4.06. The molecule has 0 aliphatic heterocycles. The molecule has 4 nitrogen and oxygen atoms in total. The standard InChI is InChI=1S/C12H13FN2O2S/c1-8(12-14-9(2)15-17-12)18(16)7-10-3-5-11(13)6-4-10/h3-6,8H,7H2,1-2H3/t8-,18-/m1/s1. The fourth-order valence-corrected chi connectivity index (χ4v) is 2.55. The Hall–Kier alpha value is -1.56. The zero-order valence-electron chi connectivity index (χ0n) is 10.1. The molecular weight excluding hydrogens is 255 g/mol. The minimum absolute atomic E-state index is 0.301. The fourth-order valence-electron chi connectivity index (χ4n) is 1.46. The first-order chi connectivity index (χ1) is 8.56. The summed E-state index contributed by atoms with van der Waals surface area (Å²) in [6, 6.07) is 5.96. The minimum atomic E-state index is -1.18. The number of rotatable bonds is 4. The van der Waals surface area contributed by atoms with Gasteiger partial charge < -0.3 is 4.52 Å². The van der Waals surface area contributed by atoms with E-state index in [1.807, 2.05) is 0 Å². The molecule has 0 fully saturated rings. The van der Waals surface area contributed by atoms with E-state index < -0.39 is 10.8 Å². The van der Waals surface area contributed by atoms with E-state index in [2.05, 4.69) is 10.1 Å². The van der Waals surface area contributed by atoms with Crippen LogP contribution in [0.2, 0.25) is 0 Å². The Labute approximate surface area is 107 Å². The summed E-state index contributed by atoms with van der Waals surface area (Å²) in [6.45, 7) is 3.48. The SMILES string of the molecule is Cc1noc([C@@H](C)[S@](=O)Cc2ccc(F)cc2)n1. The summed E-state index contributed by atoms with van der Waals surface area (Å²) in [5.41, 5.74) is 0.817. The largest absolute Gasteiger partial charge is 0.338 e. The van der Waals surface area contributed by atoms with Crippen LogP contribution in [0.25, 0.3) is 0 Å². The first-order valence-electron chi connectivity index (χ1n) is 5.48. The van der Waals surface area contributed by atoms with E-state index in [0.717, 1.165) is 5.56 Å². The zero-order chi connectivity index (χ0) is 13.1. The second kappa shape index (κ2) is 5.39. The highest BCUT2D eigenvalue weighted by molar-refractivity contribution is 7.84. The van der Waals surface area contributed by atoms with Crippen LogP contribution in [0.15, 0.2) is 28.8 Å². The lowest BCUT2D eigenvalue weighted by Crippen LogP contribution is -2.06. The molecule has 0 spiro atoms. The van der Waals surface area contributed by atoms with Gasteiger partial charge in [0.15, 0.2) is 5.82 Å². The van der Waals surface area contributed by atoms with Crippen molar-refractivity contribution in [3.8, 4) is 0 Å². The van der Waals surface area contributed by atoms with Crippen molar-refractivity contribution >= 4 is 10.8 Å². The maximum atomic E-state index is 12.7.